The van der Waals surface area contributed by atoms with E-state index in [2.05, 4.69) is 15.3 Å². The predicted molar refractivity (Wildman–Crippen MR) is 154 cm³/mol. The van der Waals surface area contributed by atoms with E-state index in [1.807, 2.05) is 24.3 Å². The van der Waals surface area contributed by atoms with E-state index < -0.39 is 33.8 Å². The SMILES string of the molecule is CCOC(=O)C1=C(C)N=C(C)C(C(=O)OCC)C1c1ccccc1Nc1nc(-c2ccccc2S(N)(=O)=O)cs1. The van der Waals surface area contributed by atoms with Crippen LogP contribution in [0, 0.1) is 5.92 Å². The van der Waals surface area contributed by atoms with Crippen LogP contribution >= 0.6 is 11.3 Å². The molecule has 1 aromatic heterocycles. The summed E-state index contributed by atoms with van der Waals surface area (Å²) < 4.78 is 35.0. The maximum atomic E-state index is 13.2. The van der Waals surface area contributed by atoms with Crippen LogP contribution in [0.5, 0.6) is 0 Å². The summed E-state index contributed by atoms with van der Waals surface area (Å²) in [6.07, 6.45) is 0. The topological polar surface area (TPSA) is 150 Å². The molecular weight excluding hydrogens is 552 g/mol. The Hall–Kier alpha value is -3.87. The normalized spacial score (nSPS) is 17.3. The van der Waals surface area contributed by atoms with E-state index in [1.54, 1.807) is 51.3 Å². The second-order valence-corrected chi connectivity index (χ2v) is 11.4. The number of thiazole rings is 1. The number of esters is 2. The lowest BCUT2D eigenvalue weighted by Gasteiger charge is -2.32. The number of rotatable bonds is 9. The van der Waals surface area contributed by atoms with Crippen LogP contribution in [-0.4, -0.2) is 44.3 Å². The van der Waals surface area contributed by atoms with E-state index in [-0.39, 0.29) is 23.7 Å². The van der Waals surface area contributed by atoms with Gasteiger partial charge in [-0.05, 0) is 45.4 Å². The van der Waals surface area contributed by atoms with Gasteiger partial charge in [0.05, 0.1) is 29.4 Å². The number of nitrogens with one attached hydrogen (secondary N) is 1. The van der Waals surface area contributed by atoms with Gasteiger partial charge in [0.15, 0.2) is 5.13 Å². The Kier molecular flexibility index (Phi) is 8.82. The molecule has 40 heavy (non-hydrogen) atoms. The van der Waals surface area contributed by atoms with Crippen LogP contribution in [0.3, 0.4) is 0 Å². The molecule has 0 bridgehead atoms. The lowest BCUT2D eigenvalue weighted by atomic mass is 9.75. The van der Waals surface area contributed by atoms with Crippen LogP contribution in [0.15, 0.2) is 75.1 Å². The fourth-order valence-corrected chi connectivity index (χ4v) is 6.23. The van der Waals surface area contributed by atoms with Gasteiger partial charge in [0.2, 0.25) is 10.0 Å². The van der Waals surface area contributed by atoms with Crippen molar-refractivity contribution in [1.29, 1.82) is 0 Å². The first-order valence-electron chi connectivity index (χ1n) is 12.6. The highest BCUT2D eigenvalue weighted by Gasteiger charge is 2.43. The number of aliphatic imine (C=N–C) groups is 1. The second-order valence-electron chi connectivity index (χ2n) is 8.97. The molecule has 2 atom stereocenters. The summed E-state index contributed by atoms with van der Waals surface area (Å²) in [6.45, 7) is 7.24. The summed E-state index contributed by atoms with van der Waals surface area (Å²) >= 11 is 1.27. The second kappa shape index (κ2) is 12.1. The summed E-state index contributed by atoms with van der Waals surface area (Å²) in [4.78, 5) is 35.5. The van der Waals surface area contributed by atoms with Crippen LogP contribution in [-0.2, 0) is 29.1 Å². The van der Waals surface area contributed by atoms with Crippen molar-refractivity contribution >= 4 is 49.8 Å². The Balaban J connectivity index is 1.79. The first kappa shape index (κ1) is 29.1. The number of carbonyl (C=O) groups is 2. The van der Waals surface area contributed by atoms with E-state index in [9.17, 15) is 18.0 Å². The molecule has 3 aromatic rings. The van der Waals surface area contributed by atoms with E-state index in [4.69, 9.17) is 14.6 Å². The van der Waals surface area contributed by atoms with E-state index in [1.165, 1.54) is 17.4 Å². The molecule has 0 saturated heterocycles. The number of ether oxygens (including phenoxy) is 2. The summed E-state index contributed by atoms with van der Waals surface area (Å²) in [5.41, 5.74) is 3.34. The third-order valence-electron chi connectivity index (χ3n) is 6.38. The number of para-hydroxylation sites is 1. The minimum Gasteiger partial charge on any atom is -0.465 e. The van der Waals surface area contributed by atoms with Crippen molar-refractivity contribution < 1.29 is 27.5 Å². The van der Waals surface area contributed by atoms with Crippen LogP contribution in [0.4, 0.5) is 10.8 Å². The molecule has 210 valence electrons. The Bertz CT molecular complexity index is 1610. The quantitative estimate of drug-likeness (QED) is 0.342. The molecule has 0 radical (unpaired) electrons. The summed E-state index contributed by atoms with van der Waals surface area (Å²) in [7, 11) is -3.96. The number of sulfonamides is 1. The lowest BCUT2D eigenvalue weighted by molar-refractivity contribution is -0.146. The van der Waals surface area contributed by atoms with Crippen LogP contribution in [0.25, 0.3) is 11.3 Å². The Morgan fingerprint density at radius 1 is 1.02 bits per heavy atom. The van der Waals surface area contributed by atoms with Gasteiger partial charge in [0.1, 0.15) is 5.92 Å². The number of benzene rings is 2. The molecule has 12 heteroatoms. The number of allylic oxidation sites excluding steroid dienone is 1. The number of hydrogen-bond acceptors (Lipinski definition) is 10. The molecule has 10 nitrogen and oxygen atoms in total. The smallest absolute Gasteiger partial charge is 0.336 e. The van der Waals surface area contributed by atoms with Crippen LogP contribution in [0.1, 0.15) is 39.2 Å². The van der Waals surface area contributed by atoms with E-state index in [0.29, 0.717) is 39.0 Å². The molecule has 3 N–H and O–H groups in total. The monoisotopic (exact) mass is 582 g/mol. The highest BCUT2D eigenvalue weighted by molar-refractivity contribution is 7.89. The minimum absolute atomic E-state index is 0.0267. The van der Waals surface area contributed by atoms with E-state index in [0.717, 1.165) is 0 Å². The first-order valence-corrected chi connectivity index (χ1v) is 15.0. The van der Waals surface area contributed by atoms with Gasteiger partial charge in [-0.1, -0.05) is 36.4 Å². The number of anilines is 2. The number of primary sulfonamides is 1. The third kappa shape index (κ3) is 5.98. The van der Waals surface area contributed by atoms with Gasteiger partial charge in [-0.2, -0.15) is 0 Å². The van der Waals surface area contributed by atoms with Crippen molar-refractivity contribution in [3.05, 3.63) is 70.7 Å². The zero-order valence-corrected chi connectivity index (χ0v) is 24.1. The minimum atomic E-state index is -3.96. The number of nitrogens with zero attached hydrogens (tertiary/aromatic N) is 2. The molecule has 0 fully saturated rings. The zero-order valence-electron chi connectivity index (χ0n) is 22.5. The van der Waals surface area contributed by atoms with Gasteiger partial charge in [-0.25, -0.2) is 23.3 Å². The van der Waals surface area contributed by atoms with E-state index >= 15 is 0 Å². The maximum Gasteiger partial charge on any atom is 0.336 e. The van der Waals surface area contributed by atoms with Crippen molar-refractivity contribution in [2.24, 2.45) is 16.0 Å². The number of carbonyl (C=O) groups excluding carboxylic acids is 2. The molecule has 4 rings (SSSR count). The maximum absolute atomic E-state index is 13.2. The Morgan fingerprint density at radius 3 is 2.40 bits per heavy atom. The summed E-state index contributed by atoms with van der Waals surface area (Å²) in [5, 5.41) is 10.9. The average Bonchev–Trinajstić information content (AvgIpc) is 3.36. The molecule has 2 heterocycles. The highest BCUT2D eigenvalue weighted by Crippen LogP contribution is 2.43. The zero-order chi connectivity index (χ0) is 29.0. The van der Waals surface area contributed by atoms with Gasteiger partial charge < -0.3 is 14.8 Å². The van der Waals surface area contributed by atoms with Crippen molar-refractivity contribution in [3.63, 3.8) is 0 Å². The standard InChI is InChI=1S/C28H30N4O6S2/c1-5-37-26(33)23-16(3)30-17(4)24(27(34)38-6-2)25(23)19-12-7-9-13-20(19)31-28-32-21(15-39-28)18-11-8-10-14-22(18)40(29,35)36/h7-15,23,25H,5-6H2,1-4H3,(H,31,32)(H2,29,35,36). The molecule has 0 aliphatic carbocycles. The molecule has 2 unspecified atom stereocenters. The highest BCUT2D eigenvalue weighted by atomic mass is 32.2. The summed E-state index contributed by atoms with van der Waals surface area (Å²) in [6, 6.07) is 13.7. The Labute approximate surface area is 237 Å². The predicted octanol–water partition coefficient (Wildman–Crippen LogP) is 4.78. The molecule has 1 aliphatic heterocycles. The van der Waals surface area contributed by atoms with Gasteiger partial charge in [-0.3, -0.25) is 9.79 Å². The van der Waals surface area contributed by atoms with Crippen molar-refractivity contribution in [3.8, 4) is 11.3 Å². The fourth-order valence-electron chi connectivity index (χ4n) is 4.76. The van der Waals surface area contributed by atoms with Gasteiger partial charge in [0, 0.05) is 34.0 Å². The number of nitrogens with two attached hydrogens (primary N) is 1. The molecule has 0 amide bonds. The number of aromatic nitrogens is 1. The van der Waals surface area contributed by atoms with Crippen LogP contribution in [0.2, 0.25) is 0 Å². The van der Waals surface area contributed by atoms with Crippen molar-refractivity contribution in [1.82, 2.24) is 4.98 Å². The van der Waals surface area contributed by atoms with Gasteiger partial charge >= 0.3 is 11.9 Å². The Morgan fingerprint density at radius 2 is 1.70 bits per heavy atom. The third-order valence-corrected chi connectivity index (χ3v) is 8.10. The molecule has 2 aromatic carbocycles. The molecule has 0 spiro atoms. The van der Waals surface area contributed by atoms with Crippen molar-refractivity contribution in [2.75, 3.05) is 18.5 Å². The first-order chi connectivity index (χ1) is 19.1. The summed E-state index contributed by atoms with van der Waals surface area (Å²) in [5.74, 6) is -2.63. The fraction of sp³-hybridized carbons (Fsp3) is 0.286. The molecule has 0 saturated carbocycles. The largest absolute Gasteiger partial charge is 0.465 e. The van der Waals surface area contributed by atoms with Gasteiger partial charge in [-0.15, -0.1) is 11.3 Å². The van der Waals surface area contributed by atoms with Crippen molar-refractivity contribution in [2.45, 2.75) is 38.5 Å². The van der Waals surface area contributed by atoms with Gasteiger partial charge in [0.25, 0.3) is 0 Å². The molecular formula is C28H30N4O6S2. The average molecular weight is 583 g/mol. The lowest BCUT2D eigenvalue weighted by Crippen LogP contribution is -2.36. The number of hydrogen-bond donors (Lipinski definition) is 2. The van der Waals surface area contributed by atoms with Crippen LogP contribution < -0.4 is 10.5 Å². The molecule has 1 aliphatic rings.